The lowest BCUT2D eigenvalue weighted by Gasteiger charge is -2.17. The SMILES string of the molecule is C=Cc1c(C)c2cc3nc(c(CC(=O)NCCCCN(C)C)c4[nH]c(cc5nc(cc1[nH]2)C(C)=C5CC)c(C)c4C(=O)O)[C@@H](CCC(=O)O)[C@@H]3C. The first-order chi connectivity index (χ1) is 24.2. The van der Waals surface area contributed by atoms with Crippen LogP contribution in [0.3, 0.4) is 0 Å². The van der Waals surface area contributed by atoms with E-state index >= 15 is 0 Å². The molecule has 5 rings (SSSR count). The molecule has 51 heavy (non-hydrogen) atoms. The Morgan fingerprint density at radius 3 is 2.33 bits per heavy atom. The van der Waals surface area contributed by atoms with Crippen molar-refractivity contribution in [3.8, 4) is 0 Å². The number of carboxylic acid groups (broad SMARTS) is 2. The number of carbonyl (C=O) groups is 3. The Morgan fingerprint density at radius 2 is 1.69 bits per heavy atom. The summed E-state index contributed by atoms with van der Waals surface area (Å²) in [4.78, 5) is 57.8. The summed E-state index contributed by atoms with van der Waals surface area (Å²) >= 11 is 0. The molecule has 3 aromatic heterocycles. The van der Waals surface area contributed by atoms with Crippen molar-refractivity contribution in [2.24, 2.45) is 0 Å². The van der Waals surface area contributed by atoms with Gasteiger partial charge in [0.1, 0.15) is 0 Å². The third-order valence-electron chi connectivity index (χ3n) is 10.3. The number of nitrogens with zero attached hydrogens (tertiary/aromatic N) is 3. The number of aliphatic carboxylic acids is 1. The monoisotopic (exact) mass is 694 g/mol. The van der Waals surface area contributed by atoms with E-state index in [1.54, 1.807) is 6.92 Å². The summed E-state index contributed by atoms with van der Waals surface area (Å²) in [6.45, 7) is 15.4. The van der Waals surface area contributed by atoms with Gasteiger partial charge in [0.15, 0.2) is 0 Å². The maximum Gasteiger partial charge on any atom is 0.338 e. The van der Waals surface area contributed by atoms with Gasteiger partial charge in [0, 0.05) is 58.2 Å². The van der Waals surface area contributed by atoms with Crippen molar-refractivity contribution < 1.29 is 24.6 Å². The number of allylic oxidation sites excluding steroid dienone is 2. The highest BCUT2D eigenvalue weighted by atomic mass is 16.4. The van der Waals surface area contributed by atoms with Gasteiger partial charge in [-0.05, 0) is 108 Å². The first kappa shape index (κ1) is 37.2. The fraction of sp³-hybridized carbons (Fsp3) is 0.425. The van der Waals surface area contributed by atoms with Gasteiger partial charge in [0.05, 0.1) is 34.6 Å². The zero-order chi connectivity index (χ0) is 37.1. The molecule has 0 saturated heterocycles. The van der Waals surface area contributed by atoms with Crippen LogP contribution < -0.4 is 5.32 Å². The van der Waals surface area contributed by atoms with Crippen LogP contribution in [0.4, 0.5) is 0 Å². The number of hydrogen-bond donors (Lipinski definition) is 5. The van der Waals surface area contributed by atoms with Crippen molar-refractivity contribution >= 4 is 57.1 Å². The van der Waals surface area contributed by atoms with Gasteiger partial charge in [-0.1, -0.05) is 26.5 Å². The number of hydrogen-bond acceptors (Lipinski definition) is 6. The third-order valence-corrected chi connectivity index (χ3v) is 10.3. The van der Waals surface area contributed by atoms with Crippen molar-refractivity contribution in [3.05, 3.63) is 75.4 Å². The molecule has 2 aliphatic heterocycles. The zero-order valence-electron chi connectivity index (χ0n) is 30.8. The van der Waals surface area contributed by atoms with Crippen molar-refractivity contribution in [2.45, 2.75) is 85.0 Å². The molecule has 5 N–H and O–H groups in total. The molecule has 3 aromatic rings. The van der Waals surface area contributed by atoms with Gasteiger partial charge in [-0.2, -0.15) is 0 Å². The van der Waals surface area contributed by atoms with Crippen molar-refractivity contribution in [1.29, 1.82) is 0 Å². The van der Waals surface area contributed by atoms with Crippen LogP contribution in [0.2, 0.25) is 0 Å². The Labute approximate surface area is 298 Å². The highest BCUT2D eigenvalue weighted by Gasteiger charge is 2.33. The van der Waals surface area contributed by atoms with Crippen molar-refractivity contribution in [2.75, 3.05) is 27.2 Å². The number of aromatic carboxylic acids is 1. The highest BCUT2D eigenvalue weighted by molar-refractivity contribution is 6.03. The molecule has 0 aliphatic carbocycles. The van der Waals surface area contributed by atoms with E-state index in [0.29, 0.717) is 40.1 Å². The average Bonchev–Trinajstić information content (AvgIpc) is 3.75. The molecule has 8 bridgehead atoms. The highest BCUT2D eigenvalue weighted by Crippen LogP contribution is 2.43. The fourth-order valence-electron chi connectivity index (χ4n) is 7.38. The zero-order valence-corrected chi connectivity index (χ0v) is 30.8. The van der Waals surface area contributed by atoms with Crippen LogP contribution in [-0.4, -0.2) is 80.1 Å². The van der Waals surface area contributed by atoms with Gasteiger partial charge in [-0.15, -0.1) is 0 Å². The van der Waals surface area contributed by atoms with Crippen LogP contribution >= 0.6 is 0 Å². The van der Waals surface area contributed by atoms with E-state index in [0.717, 1.165) is 70.5 Å². The quantitative estimate of drug-likeness (QED) is 0.116. The first-order valence-electron chi connectivity index (χ1n) is 17.7. The standard InChI is InChI=1S/C40H50N6O5/c1-9-25-21(3)29-18-31-23(5)27(13-14-36(48)49)38(44-31)28(17-35(47)41-15-11-12-16-46(7)8)39-37(40(50)51)24(6)32(45-39)20-34-26(10-2)22(4)30(43-34)19-33(25)42-29/h9,18-20,23,27,42,45H,1,10-17H2,2-8H3,(H,41,47)(H,48,49)(H,50,51)/t23-,27-/m0/s1. The van der Waals surface area contributed by atoms with Gasteiger partial charge in [0.25, 0.3) is 0 Å². The molecule has 5 heterocycles. The number of carbonyl (C=O) groups excluding carboxylic acids is 1. The van der Waals surface area contributed by atoms with Crippen molar-refractivity contribution in [1.82, 2.24) is 30.2 Å². The summed E-state index contributed by atoms with van der Waals surface area (Å²) in [6.07, 6.45) is 4.29. The summed E-state index contributed by atoms with van der Waals surface area (Å²) in [7, 11) is 4.01. The number of H-pyrrole nitrogens is 2. The molecule has 270 valence electrons. The van der Waals surface area contributed by atoms with Gasteiger partial charge < -0.3 is 30.4 Å². The minimum atomic E-state index is -1.13. The predicted octanol–water partition coefficient (Wildman–Crippen LogP) is 7.37. The number of amides is 1. The van der Waals surface area contributed by atoms with E-state index in [1.807, 2.05) is 59.1 Å². The van der Waals surface area contributed by atoms with Crippen LogP contribution in [0.25, 0.3) is 39.3 Å². The number of carboxylic acids is 2. The molecule has 1 amide bonds. The summed E-state index contributed by atoms with van der Waals surface area (Å²) in [6, 6.07) is 5.88. The Hall–Kier alpha value is -5.03. The van der Waals surface area contributed by atoms with E-state index in [9.17, 15) is 24.6 Å². The number of rotatable bonds is 13. The smallest absolute Gasteiger partial charge is 0.338 e. The van der Waals surface area contributed by atoms with Crippen LogP contribution in [0.15, 0.2) is 24.8 Å². The Morgan fingerprint density at radius 1 is 0.980 bits per heavy atom. The molecular weight excluding hydrogens is 644 g/mol. The summed E-state index contributed by atoms with van der Waals surface area (Å²) in [5, 5.41) is 23.4. The van der Waals surface area contributed by atoms with Gasteiger partial charge in [-0.25, -0.2) is 9.78 Å². The first-order valence-corrected chi connectivity index (χ1v) is 17.7. The molecular formula is C40H50N6O5. The minimum Gasteiger partial charge on any atom is -0.481 e. The predicted molar refractivity (Wildman–Crippen MR) is 203 cm³/mol. The summed E-state index contributed by atoms with van der Waals surface area (Å²) in [5.74, 6) is -2.93. The number of aromatic amines is 2. The second kappa shape index (κ2) is 15.5. The summed E-state index contributed by atoms with van der Waals surface area (Å²) in [5.41, 5.74) is 10.4. The Kier molecular flexibility index (Phi) is 11.3. The molecule has 0 fully saturated rings. The Bertz CT molecular complexity index is 2090. The lowest BCUT2D eigenvalue weighted by atomic mass is 9.85. The van der Waals surface area contributed by atoms with Gasteiger partial charge in [-0.3, -0.25) is 14.6 Å². The fourth-order valence-corrected chi connectivity index (χ4v) is 7.38. The van der Waals surface area contributed by atoms with E-state index in [1.165, 1.54) is 0 Å². The average molecular weight is 695 g/mol. The van der Waals surface area contributed by atoms with Crippen LogP contribution in [0, 0.1) is 13.8 Å². The van der Waals surface area contributed by atoms with Crippen LogP contribution in [0.1, 0.15) is 120 Å². The van der Waals surface area contributed by atoms with E-state index < -0.39 is 11.9 Å². The number of aromatic nitrogens is 4. The number of nitrogens with one attached hydrogen (secondary N) is 3. The van der Waals surface area contributed by atoms with Crippen LogP contribution in [0.5, 0.6) is 0 Å². The molecule has 0 saturated carbocycles. The molecule has 0 aromatic carbocycles. The van der Waals surface area contributed by atoms with E-state index in [4.69, 9.17) is 9.97 Å². The molecule has 0 unspecified atom stereocenters. The number of aryl methyl sites for hydroxylation is 2. The molecule has 0 spiro atoms. The second-order valence-corrected chi connectivity index (χ2v) is 14.0. The lowest BCUT2D eigenvalue weighted by molar-refractivity contribution is -0.137. The largest absolute Gasteiger partial charge is 0.481 e. The maximum atomic E-state index is 13.7. The number of unbranched alkanes of at least 4 members (excludes halogenated alkanes) is 1. The molecule has 2 aliphatic rings. The van der Waals surface area contributed by atoms with Gasteiger partial charge >= 0.3 is 11.9 Å². The molecule has 0 radical (unpaired) electrons. The van der Waals surface area contributed by atoms with Crippen molar-refractivity contribution in [3.63, 3.8) is 0 Å². The van der Waals surface area contributed by atoms with Gasteiger partial charge in [0.2, 0.25) is 5.91 Å². The van der Waals surface area contributed by atoms with E-state index in [2.05, 4.69) is 33.7 Å². The lowest BCUT2D eigenvalue weighted by Crippen LogP contribution is -2.27. The second-order valence-electron chi connectivity index (χ2n) is 14.0. The minimum absolute atomic E-state index is 0.0530. The topological polar surface area (TPSA) is 164 Å². The third kappa shape index (κ3) is 7.68. The molecule has 2 atom stereocenters. The number of fused-ring (bicyclic) bond motifs is 8. The summed E-state index contributed by atoms with van der Waals surface area (Å²) < 4.78 is 0. The maximum absolute atomic E-state index is 13.7. The van der Waals surface area contributed by atoms with Crippen LogP contribution in [-0.2, 0) is 16.0 Å². The Balaban J connectivity index is 1.88. The van der Waals surface area contributed by atoms with E-state index in [-0.39, 0.29) is 42.6 Å². The molecule has 11 nitrogen and oxygen atoms in total. The molecule has 11 heteroatoms. The normalized spacial score (nSPS) is 15.8.